The molecular formula is C15H37N5S2. The summed E-state index contributed by atoms with van der Waals surface area (Å²) in [7, 11) is 0. The van der Waals surface area contributed by atoms with Gasteiger partial charge in [-0.15, -0.1) is 0 Å². The molecule has 0 aliphatic rings. The molecule has 0 saturated carbocycles. The van der Waals surface area contributed by atoms with Crippen LogP contribution in [0.25, 0.3) is 0 Å². The molecule has 0 saturated heterocycles. The Morgan fingerprint density at radius 3 is 1.18 bits per heavy atom. The molecule has 5 N–H and O–H groups in total. The average molecular weight is 352 g/mol. The first-order valence-electron chi connectivity index (χ1n) is 8.67. The molecule has 134 valence electrons. The van der Waals surface area contributed by atoms with Crippen LogP contribution in [0, 0.1) is 0 Å². The zero-order chi connectivity index (χ0) is 16.1. The number of hydrogen-bond acceptors (Lipinski definition) is 7. The van der Waals surface area contributed by atoms with Crippen molar-refractivity contribution >= 4 is 25.3 Å². The molecule has 5 nitrogen and oxygen atoms in total. The lowest BCUT2D eigenvalue weighted by Gasteiger charge is -2.09. The van der Waals surface area contributed by atoms with Crippen LogP contribution in [-0.4, -0.2) is 77.0 Å². The van der Waals surface area contributed by atoms with Crippen molar-refractivity contribution in [3.05, 3.63) is 0 Å². The Morgan fingerprint density at radius 1 is 0.364 bits per heavy atom. The minimum absolute atomic E-state index is 0.903. The highest BCUT2D eigenvalue weighted by atomic mass is 32.1. The second kappa shape index (κ2) is 21.5. The molecule has 0 amide bonds. The number of hydrogen-bond donors (Lipinski definition) is 7. The van der Waals surface area contributed by atoms with Crippen molar-refractivity contribution in [3.8, 4) is 0 Å². The van der Waals surface area contributed by atoms with Crippen LogP contribution in [-0.2, 0) is 0 Å². The molecule has 0 aliphatic heterocycles. The fourth-order valence-corrected chi connectivity index (χ4v) is 2.33. The van der Waals surface area contributed by atoms with Gasteiger partial charge in [-0.25, -0.2) is 0 Å². The maximum absolute atomic E-state index is 4.21. The van der Waals surface area contributed by atoms with E-state index in [1.807, 2.05) is 0 Å². The Kier molecular flexibility index (Phi) is 22.0. The average Bonchev–Trinajstić information content (AvgIpc) is 2.54. The fraction of sp³-hybridized carbons (Fsp3) is 1.00. The summed E-state index contributed by atoms with van der Waals surface area (Å²) in [6.45, 7) is 10.4. The molecule has 0 aromatic heterocycles. The fourth-order valence-electron chi connectivity index (χ4n) is 1.95. The van der Waals surface area contributed by atoms with Crippen molar-refractivity contribution in [1.29, 1.82) is 0 Å². The summed E-state index contributed by atoms with van der Waals surface area (Å²) in [5.74, 6) is 1.91. The summed E-state index contributed by atoms with van der Waals surface area (Å²) in [6.07, 6.45) is 3.78. The summed E-state index contributed by atoms with van der Waals surface area (Å²) in [6, 6.07) is 0. The van der Waals surface area contributed by atoms with Gasteiger partial charge in [0.1, 0.15) is 0 Å². The Bertz CT molecular complexity index is 179. The van der Waals surface area contributed by atoms with E-state index in [4.69, 9.17) is 0 Å². The van der Waals surface area contributed by atoms with Crippen molar-refractivity contribution in [2.75, 3.05) is 77.0 Å². The molecule has 0 bridgehead atoms. The highest BCUT2D eigenvalue weighted by molar-refractivity contribution is 7.80. The van der Waals surface area contributed by atoms with Crippen LogP contribution in [0.15, 0.2) is 0 Å². The van der Waals surface area contributed by atoms with Gasteiger partial charge < -0.3 is 26.6 Å². The number of rotatable bonds is 19. The van der Waals surface area contributed by atoms with Gasteiger partial charge in [0.05, 0.1) is 0 Å². The first kappa shape index (κ1) is 22.5. The zero-order valence-electron chi connectivity index (χ0n) is 14.0. The monoisotopic (exact) mass is 351 g/mol. The summed E-state index contributed by atoms with van der Waals surface area (Å²) < 4.78 is 0. The predicted molar refractivity (Wildman–Crippen MR) is 106 cm³/mol. The van der Waals surface area contributed by atoms with E-state index in [0.717, 1.165) is 77.0 Å². The van der Waals surface area contributed by atoms with E-state index in [1.54, 1.807) is 0 Å². The third-order valence-corrected chi connectivity index (χ3v) is 3.75. The summed E-state index contributed by atoms with van der Waals surface area (Å²) in [5, 5.41) is 17.0. The van der Waals surface area contributed by atoms with E-state index in [2.05, 4.69) is 51.8 Å². The van der Waals surface area contributed by atoms with Gasteiger partial charge in [-0.1, -0.05) is 6.42 Å². The van der Waals surface area contributed by atoms with Crippen LogP contribution in [0.3, 0.4) is 0 Å². The van der Waals surface area contributed by atoms with E-state index in [9.17, 15) is 0 Å². The Morgan fingerprint density at radius 2 is 0.773 bits per heavy atom. The van der Waals surface area contributed by atoms with Crippen LogP contribution in [0.5, 0.6) is 0 Å². The second-order valence-electron chi connectivity index (χ2n) is 5.26. The number of nitrogens with one attached hydrogen (secondary N) is 5. The SMILES string of the molecule is SCCCCCNCCNCCNCCNCCNCCS. The normalized spacial score (nSPS) is 11.2. The van der Waals surface area contributed by atoms with Crippen molar-refractivity contribution < 1.29 is 0 Å². The van der Waals surface area contributed by atoms with Gasteiger partial charge >= 0.3 is 0 Å². The first-order chi connectivity index (χ1) is 10.9. The van der Waals surface area contributed by atoms with Crippen LogP contribution >= 0.6 is 25.3 Å². The molecule has 0 rings (SSSR count). The van der Waals surface area contributed by atoms with Gasteiger partial charge in [-0.3, -0.25) is 0 Å². The van der Waals surface area contributed by atoms with E-state index in [0.29, 0.717) is 0 Å². The molecule has 0 atom stereocenters. The molecule has 0 unspecified atom stereocenters. The highest BCUT2D eigenvalue weighted by Gasteiger charge is 1.91. The van der Waals surface area contributed by atoms with Crippen LogP contribution in [0.1, 0.15) is 19.3 Å². The smallest absolute Gasteiger partial charge is 0.00772 e. The number of unbranched alkanes of at least 4 members (excludes halogenated alkanes) is 2. The van der Waals surface area contributed by atoms with Crippen molar-refractivity contribution in [1.82, 2.24) is 26.6 Å². The molecular weight excluding hydrogens is 314 g/mol. The van der Waals surface area contributed by atoms with Gasteiger partial charge in [-0.2, -0.15) is 25.3 Å². The Labute approximate surface area is 148 Å². The maximum atomic E-state index is 4.21. The van der Waals surface area contributed by atoms with Crippen molar-refractivity contribution in [2.24, 2.45) is 0 Å². The van der Waals surface area contributed by atoms with Gasteiger partial charge in [-0.05, 0) is 25.1 Å². The minimum Gasteiger partial charge on any atom is -0.315 e. The standard InChI is InChI=1S/C15H37N5S2/c21-14-3-1-2-4-16-5-6-17-7-8-18-9-10-19-11-12-20-13-15-22/h16-22H,1-15H2. The molecule has 0 radical (unpaired) electrons. The van der Waals surface area contributed by atoms with Crippen molar-refractivity contribution in [3.63, 3.8) is 0 Å². The lowest BCUT2D eigenvalue weighted by Crippen LogP contribution is -2.36. The van der Waals surface area contributed by atoms with Crippen LogP contribution in [0.4, 0.5) is 0 Å². The third-order valence-electron chi connectivity index (χ3n) is 3.21. The third kappa shape index (κ3) is 20.5. The lowest BCUT2D eigenvalue weighted by molar-refractivity contribution is 0.553. The molecule has 22 heavy (non-hydrogen) atoms. The van der Waals surface area contributed by atoms with Gasteiger partial charge in [0.2, 0.25) is 0 Å². The number of thiol groups is 2. The quantitative estimate of drug-likeness (QED) is 0.132. The largest absolute Gasteiger partial charge is 0.315 e. The summed E-state index contributed by atoms with van der Waals surface area (Å²) in [4.78, 5) is 0. The predicted octanol–water partition coefficient (Wildman–Crippen LogP) is -0.0357. The molecule has 0 aromatic carbocycles. The second-order valence-corrected chi connectivity index (χ2v) is 6.15. The molecule has 7 heteroatoms. The minimum atomic E-state index is 0.903. The van der Waals surface area contributed by atoms with E-state index < -0.39 is 0 Å². The summed E-state index contributed by atoms with van der Waals surface area (Å²) in [5.41, 5.74) is 0. The molecule has 0 fully saturated rings. The summed E-state index contributed by atoms with van der Waals surface area (Å²) >= 11 is 8.36. The van der Waals surface area contributed by atoms with Crippen LogP contribution < -0.4 is 26.6 Å². The molecule has 0 aromatic rings. The van der Waals surface area contributed by atoms with Gasteiger partial charge in [0.25, 0.3) is 0 Å². The first-order valence-corrected chi connectivity index (χ1v) is 9.93. The van der Waals surface area contributed by atoms with E-state index in [-0.39, 0.29) is 0 Å². The topological polar surface area (TPSA) is 60.1 Å². The van der Waals surface area contributed by atoms with Gasteiger partial charge in [0.15, 0.2) is 0 Å². The van der Waals surface area contributed by atoms with Crippen LogP contribution in [0.2, 0.25) is 0 Å². The molecule has 0 aliphatic carbocycles. The zero-order valence-corrected chi connectivity index (χ0v) is 15.8. The maximum Gasteiger partial charge on any atom is 0.00772 e. The molecule has 0 heterocycles. The lowest BCUT2D eigenvalue weighted by atomic mass is 10.2. The van der Waals surface area contributed by atoms with E-state index in [1.165, 1.54) is 19.3 Å². The van der Waals surface area contributed by atoms with E-state index >= 15 is 0 Å². The Balaban J connectivity index is 2.91. The molecule has 0 spiro atoms. The highest BCUT2D eigenvalue weighted by Crippen LogP contribution is 1.94. The Hall–Kier alpha value is 0.500. The van der Waals surface area contributed by atoms with Crippen molar-refractivity contribution in [2.45, 2.75) is 19.3 Å². The van der Waals surface area contributed by atoms with Gasteiger partial charge in [0, 0.05) is 64.7 Å².